The Balaban J connectivity index is 1.61. The van der Waals surface area contributed by atoms with Crippen LogP contribution in [-0.2, 0) is 9.63 Å². The molecule has 0 aliphatic carbocycles. The van der Waals surface area contributed by atoms with Crippen LogP contribution in [0.4, 0.5) is 5.69 Å². The van der Waals surface area contributed by atoms with Crippen molar-refractivity contribution in [2.45, 2.75) is 40.2 Å². The van der Waals surface area contributed by atoms with Crippen LogP contribution in [0.25, 0.3) is 0 Å². The summed E-state index contributed by atoms with van der Waals surface area (Å²) in [6, 6.07) is 5.32. The van der Waals surface area contributed by atoms with E-state index < -0.39 is 6.10 Å². The molecule has 8 heteroatoms. The molecule has 144 valence electrons. The van der Waals surface area contributed by atoms with Gasteiger partial charge in [-0.1, -0.05) is 5.16 Å². The van der Waals surface area contributed by atoms with Crippen LogP contribution in [0.15, 0.2) is 23.4 Å². The fourth-order valence-corrected chi connectivity index (χ4v) is 3.46. The molecular formula is C19H23N3O4S. The SMILES string of the molecule is CC(=NOC(C)C(=O)Nc1ccc2c(c1)OCCCO2)c1sc(C)nc1C. The number of aryl methyl sites for hydroxylation is 2. The number of aromatic nitrogens is 1. The second-order valence-electron chi connectivity index (χ2n) is 6.27. The summed E-state index contributed by atoms with van der Waals surface area (Å²) in [4.78, 5) is 23.1. The zero-order valence-electron chi connectivity index (χ0n) is 15.9. The van der Waals surface area contributed by atoms with Crippen molar-refractivity contribution in [1.82, 2.24) is 4.98 Å². The smallest absolute Gasteiger partial charge is 0.267 e. The van der Waals surface area contributed by atoms with Gasteiger partial charge in [-0.3, -0.25) is 4.79 Å². The van der Waals surface area contributed by atoms with Gasteiger partial charge in [-0.25, -0.2) is 4.98 Å². The van der Waals surface area contributed by atoms with E-state index >= 15 is 0 Å². The first-order valence-corrected chi connectivity index (χ1v) is 9.61. The van der Waals surface area contributed by atoms with E-state index in [-0.39, 0.29) is 5.91 Å². The van der Waals surface area contributed by atoms with E-state index in [4.69, 9.17) is 14.3 Å². The van der Waals surface area contributed by atoms with Crippen molar-refractivity contribution in [2.24, 2.45) is 5.16 Å². The number of hydrogen-bond acceptors (Lipinski definition) is 7. The Bertz CT molecular complexity index is 863. The third-order valence-corrected chi connectivity index (χ3v) is 5.15. The molecule has 0 fully saturated rings. The normalized spacial score (nSPS) is 15.0. The number of carbonyl (C=O) groups is 1. The molecule has 2 heterocycles. The molecule has 0 spiro atoms. The zero-order chi connectivity index (χ0) is 19.4. The first kappa shape index (κ1) is 19.2. The number of fused-ring (bicyclic) bond motifs is 1. The number of anilines is 1. The van der Waals surface area contributed by atoms with E-state index in [1.807, 2.05) is 20.8 Å². The molecule has 7 nitrogen and oxygen atoms in total. The standard InChI is InChI=1S/C19H23N3O4S/c1-11-18(27-14(4)20-11)12(2)22-26-13(3)19(23)21-15-6-7-16-17(10-15)25-9-5-8-24-16/h6-7,10,13H,5,8-9H2,1-4H3,(H,21,23). The number of hydrogen-bond donors (Lipinski definition) is 1. The minimum atomic E-state index is -0.745. The average molecular weight is 389 g/mol. The van der Waals surface area contributed by atoms with Crippen molar-refractivity contribution in [3.05, 3.63) is 33.8 Å². The maximum Gasteiger partial charge on any atom is 0.267 e. The van der Waals surface area contributed by atoms with Crippen LogP contribution in [-0.4, -0.2) is 35.9 Å². The van der Waals surface area contributed by atoms with Gasteiger partial charge in [0.15, 0.2) is 11.5 Å². The van der Waals surface area contributed by atoms with Crippen LogP contribution >= 0.6 is 11.3 Å². The van der Waals surface area contributed by atoms with E-state index in [2.05, 4.69) is 15.5 Å². The lowest BCUT2D eigenvalue weighted by Gasteiger charge is -2.13. The predicted octanol–water partition coefficient (Wildman–Crippen LogP) is 3.69. The van der Waals surface area contributed by atoms with Gasteiger partial charge in [0.1, 0.15) is 0 Å². The maximum absolute atomic E-state index is 12.4. The van der Waals surface area contributed by atoms with Crippen LogP contribution in [0.5, 0.6) is 11.5 Å². The molecule has 0 radical (unpaired) electrons. The van der Waals surface area contributed by atoms with Gasteiger partial charge in [0.05, 0.1) is 34.5 Å². The first-order chi connectivity index (χ1) is 12.9. The van der Waals surface area contributed by atoms with Crippen LogP contribution in [0.1, 0.15) is 35.8 Å². The highest BCUT2D eigenvalue weighted by atomic mass is 32.1. The van der Waals surface area contributed by atoms with Crippen LogP contribution in [0.2, 0.25) is 0 Å². The highest BCUT2D eigenvalue weighted by Crippen LogP contribution is 2.32. The van der Waals surface area contributed by atoms with Crippen LogP contribution in [0, 0.1) is 13.8 Å². The molecule has 27 heavy (non-hydrogen) atoms. The van der Waals surface area contributed by atoms with Gasteiger partial charge in [0.2, 0.25) is 6.10 Å². The molecule has 0 saturated carbocycles. The number of nitrogens with one attached hydrogen (secondary N) is 1. The molecule has 1 unspecified atom stereocenters. The Labute approximate surface area is 162 Å². The first-order valence-electron chi connectivity index (χ1n) is 8.79. The molecule has 1 N–H and O–H groups in total. The van der Waals surface area contributed by atoms with Gasteiger partial charge in [-0.05, 0) is 39.8 Å². The minimum Gasteiger partial charge on any atom is -0.490 e. The average Bonchev–Trinajstić information content (AvgIpc) is 2.83. The van der Waals surface area contributed by atoms with E-state index in [9.17, 15) is 4.79 Å². The Hall–Kier alpha value is -2.61. The van der Waals surface area contributed by atoms with Crippen molar-refractivity contribution >= 4 is 28.6 Å². The van der Waals surface area contributed by atoms with Crippen molar-refractivity contribution < 1.29 is 19.1 Å². The summed E-state index contributed by atoms with van der Waals surface area (Å²) in [5, 5.41) is 7.88. The molecule has 1 atom stereocenters. The van der Waals surface area contributed by atoms with Crippen molar-refractivity contribution in [3.63, 3.8) is 0 Å². The summed E-state index contributed by atoms with van der Waals surface area (Å²) in [5.41, 5.74) is 2.23. The number of ether oxygens (including phenoxy) is 2. The van der Waals surface area contributed by atoms with Gasteiger partial charge in [0.25, 0.3) is 5.91 Å². The van der Waals surface area contributed by atoms with Gasteiger partial charge in [-0.15, -0.1) is 11.3 Å². The number of carbonyl (C=O) groups excluding carboxylic acids is 1. The van der Waals surface area contributed by atoms with Gasteiger partial charge in [-0.2, -0.15) is 0 Å². The van der Waals surface area contributed by atoms with E-state index in [1.54, 1.807) is 36.5 Å². The molecule has 3 rings (SSSR count). The number of nitrogens with zero attached hydrogens (tertiary/aromatic N) is 2. The fourth-order valence-electron chi connectivity index (χ4n) is 2.60. The Morgan fingerprint density at radius 1 is 1.30 bits per heavy atom. The third-order valence-electron chi connectivity index (χ3n) is 3.96. The molecule has 0 bridgehead atoms. The minimum absolute atomic E-state index is 0.293. The summed E-state index contributed by atoms with van der Waals surface area (Å²) < 4.78 is 11.2. The monoisotopic (exact) mass is 389 g/mol. The highest BCUT2D eigenvalue weighted by molar-refractivity contribution is 7.13. The number of benzene rings is 1. The second-order valence-corrected chi connectivity index (χ2v) is 7.48. The van der Waals surface area contributed by atoms with Gasteiger partial charge < -0.3 is 19.6 Å². The Morgan fingerprint density at radius 3 is 2.74 bits per heavy atom. The van der Waals surface area contributed by atoms with Crippen LogP contribution < -0.4 is 14.8 Å². The van der Waals surface area contributed by atoms with Crippen LogP contribution in [0.3, 0.4) is 0 Å². The summed E-state index contributed by atoms with van der Waals surface area (Å²) in [5.74, 6) is 1.02. The molecule has 1 aromatic carbocycles. The fraction of sp³-hybridized carbons (Fsp3) is 0.421. The van der Waals surface area contributed by atoms with Gasteiger partial charge >= 0.3 is 0 Å². The van der Waals surface area contributed by atoms with Crippen molar-refractivity contribution in [3.8, 4) is 11.5 Å². The summed E-state index contributed by atoms with van der Waals surface area (Å²) >= 11 is 1.55. The summed E-state index contributed by atoms with van der Waals surface area (Å²) in [6.07, 6.45) is 0.0856. The maximum atomic E-state index is 12.4. The largest absolute Gasteiger partial charge is 0.490 e. The number of rotatable bonds is 5. The molecule has 2 aromatic rings. The zero-order valence-corrected chi connectivity index (χ0v) is 16.7. The lowest BCUT2D eigenvalue weighted by atomic mass is 10.2. The number of oxime groups is 1. The molecule has 1 aliphatic rings. The lowest BCUT2D eigenvalue weighted by molar-refractivity contribution is -0.126. The van der Waals surface area contributed by atoms with E-state index in [0.29, 0.717) is 36.1 Å². The second kappa shape index (κ2) is 8.39. The lowest BCUT2D eigenvalue weighted by Crippen LogP contribution is -2.26. The highest BCUT2D eigenvalue weighted by Gasteiger charge is 2.17. The molecule has 0 saturated heterocycles. The predicted molar refractivity (Wildman–Crippen MR) is 105 cm³/mol. The van der Waals surface area contributed by atoms with Crippen molar-refractivity contribution in [2.75, 3.05) is 18.5 Å². The molecular weight excluding hydrogens is 366 g/mol. The molecule has 1 aromatic heterocycles. The topological polar surface area (TPSA) is 82.0 Å². The summed E-state index contributed by atoms with van der Waals surface area (Å²) in [7, 11) is 0. The Kier molecular flexibility index (Phi) is 5.95. The van der Waals surface area contributed by atoms with Gasteiger partial charge in [0, 0.05) is 18.2 Å². The molecule has 1 amide bonds. The van der Waals surface area contributed by atoms with E-state index in [1.165, 1.54) is 0 Å². The number of thiazole rings is 1. The Morgan fingerprint density at radius 2 is 2.04 bits per heavy atom. The van der Waals surface area contributed by atoms with Crippen molar-refractivity contribution in [1.29, 1.82) is 0 Å². The third kappa shape index (κ3) is 4.77. The number of amides is 1. The quantitative estimate of drug-likeness (QED) is 0.623. The molecule has 1 aliphatic heterocycles. The summed E-state index contributed by atoms with van der Waals surface area (Å²) in [6.45, 7) is 8.58. The van der Waals surface area contributed by atoms with E-state index in [0.717, 1.165) is 22.0 Å².